The molecule has 3 rings (SSSR count). The summed E-state index contributed by atoms with van der Waals surface area (Å²) in [6.45, 7) is 1.89. The lowest BCUT2D eigenvalue weighted by Gasteiger charge is -2.10. The van der Waals surface area contributed by atoms with Crippen molar-refractivity contribution in [1.82, 2.24) is 9.21 Å². The molecule has 0 radical (unpaired) electrons. The van der Waals surface area contributed by atoms with Gasteiger partial charge in [-0.05, 0) is 36.8 Å². The number of nitrogens with zero attached hydrogens (tertiary/aromatic N) is 2. The van der Waals surface area contributed by atoms with Crippen molar-refractivity contribution < 1.29 is 13.2 Å². The van der Waals surface area contributed by atoms with Gasteiger partial charge in [0.1, 0.15) is 6.04 Å². The Morgan fingerprint density at radius 2 is 1.60 bits per heavy atom. The Balaban J connectivity index is 2.00. The second-order valence-electron chi connectivity index (χ2n) is 6.32. The lowest BCUT2D eigenvalue weighted by molar-refractivity contribution is -0.128. The van der Waals surface area contributed by atoms with Gasteiger partial charge in [-0.25, -0.2) is 8.42 Å². The first kappa shape index (κ1) is 17.9. The number of hydrogen-bond acceptors (Lipinski definition) is 3. The second kappa shape index (κ2) is 6.44. The van der Waals surface area contributed by atoms with Gasteiger partial charge in [0, 0.05) is 19.1 Å². The van der Waals surface area contributed by atoms with E-state index in [2.05, 4.69) is 0 Å². The first-order valence-corrected chi connectivity index (χ1v) is 9.62. The Hall–Kier alpha value is -1.89. The summed E-state index contributed by atoms with van der Waals surface area (Å²) in [4.78, 5) is 14.1. The molecule has 5 nitrogen and oxygen atoms in total. The maximum absolute atomic E-state index is 13.0. The monoisotopic (exact) mass is 378 g/mol. The molecular weight excluding hydrogens is 360 g/mol. The molecule has 0 aliphatic carbocycles. The Bertz CT molecular complexity index is 893. The highest BCUT2D eigenvalue weighted by atomic mass is 35.5. The van der Waals surface area contributed by atoms with E-state index in [4.69, 9.17) is 11.6 Å². The SMILES string of the molecule is Cc1ccc(S(=O)(=O)N2[C@H](c3ccc(Cl)cc3)[C@@H]2C(=O)N(C)C)cc1. The molecule has 1 unspecified atom stereocenters. The molecule has 1 aliphatic heterocycles. The van der Waals surface area contributed by atoms with E-state index < -0.39 is 22.1 Å². The summed E-state index contributed by atoms with van der Waals surface area (Å²) in [7, 11) is -0.522. The molecule has 2 aromatic carbocycles. The summed E-state index contributed by atoms with van der Waals surface area (Å²) >= 11 is 5.92. The van der Waals surface area contributed by atoms with Crippen LogP contribution in [0.2, 0.25) is 5.02 Å². The number of halogens is 1. The molecule has 0 N–H and O–H groups in total. The maximum Gasteiger partial charge on any atom is 0.244 e. The maximum atomic E-state index is 13.0. The van der Waals surface area contributed by atoms with Crippen molar-refractivity contribution in [2.75, 3.05) is 14.1 Å². The molecule has 132 valence electrons. The summed E-state index contributed by atoms with van der Waals surface area (Å²) in [6.07, 6.45) is 0. The summed E-state index contributed by atoms with van der Waals surface area (Å²) in [5.41, 5.74) is 1.72. The molecule has 0 spiro atoms. The van der Waals surface area contributed by atoms with Gasteiger partial charge in [-0.15, -0.1) is 0 Å². The van der Waals surface area contributed by atoms with Gasteiger partial charge in [0.25, 0.3) is 0 Å². The van der Waals surface area contributed by atoms with Crippen molar-refractivity contribution in [1.29, 1.82) is 0 Å². The zero-order chi connectivity index (χ0) is 18.4. The van der Waals surface area contributed by atoms with E-state index in [1.807, 2.05) is 6.92 Å². The van der Waals surface area contributed by atoms with E-state index >= 15 is 0 Å². The average Bonchev–Trinajstić information content (AvgIpc) is 3.31. The van der Waals surface area contributed by atoms with Crippen LogP contribution in [-0.4, -0.2) is 43.7 Å². The molecule has 1 aliphatic rings. The fourth-order valence-corrected chi connectivity index (χ4v) is 4.68. The molecule has 1 heterocycles. The Kier molecular flexibility index (Phi) is 4.62. The fraction of sp³-hybridized carbons (Fsp3) is 0.278. The minimum absolute atomic E-state index is 0.186. The molecule has 7 heteroatoms. The number of aryl methyl sites for hydroxylation is 1. The van der Waals surface area contributed by atoms with E-state index in [0.29, 0.717) is 5.02 Å². The van der Waals surface area contributed by atoms with E-state index in [-0.39, 0.29) is 10.8 Å². The van der Waals surface area contributed by atoms with Gasteiger partial charge in [0.05, 0.1) is 10.9 Å². The number of carbonyl (C=O) groups excluding carboxylic acids is 1. The van der Waals surface area contributed by atoms with E-state index in [0.717, 1.165) is 11.1 Å². The predicted molar refractivity (Wildman–Crippen MR) is 96.9 cm³/mol. The molecule has 0 aromatic heterocycles. The van der Waals surface area contributed by atoms with Crippen molar-refractivity contribution >= 4 is 27.5 Å². The van der Waals surface area contributed by atoms with Crippen molar-refractivity contribution in [2.45, 2.75) is 23.9 Å². The predicted octanol–water partition coefficient (Wildman–Crippen LogP) is 2.85. The van der Waals surface area contributed by atoms with Gasteiger partial charge >= 0.3 is 0 Å². The van der Waals surface area contributed by atoms with Crippen molar-refractivity contribution in [3.05, 3.63) is 64.7 Å². The largest absolute Gasteiger partial charge is 0.347 e. The van der Waals surface area contributed by atoms with Crippen LogP contribution in [-0.2, 0) is 14.8 Å². The fourth-order valence-electron chi connectivity index (χ4n) is 2.84. The van der Waals surface area contributed by atoms with Crippen LogP contribution in [0.25, 0.3) is 0 Å². The molecule has 25 heavy (non-hydrogen) atoms. The van der Waals surface area contributed by atoms with Crippen LogP contribution in [0.5, 0.6) is 0 Å². The summed E-state index contributed by atoms with van der Waals surface area (Å²) in [5.74, 6) is -0.240. The number of hydrogen-bond donors (Lipinski definition) is 0. The Morgan fingerprint density at radius 1 is 1.04 bits per heavy atom. The topological polar surface area (TPSA) is 57.5 Å². The molecule has 2 aromatic rings. The van der Waals surface area contributed by atoms with Crippen LogP contribution >= 0.6 is 11.6 Å². The third-order valence-electron chi connectivity index (χ3n) is 4.26. The normalized spacial score (nSPS) is 22.5. The van der Waals surface area contributed by atoms with E-state index in [9.17, 15) is 13.2 Å². The number of carbonyl (C=O) groups is 1. The number of likely N-dealkylation sites (N-methyl/N-ethyl adjacent to an activating group) is 1. The quantitative estimate of drug-likeness (QED) is 0.769. The van der Waals surface area contributed by atoms with Gasteiger partial charge in [-0.1, -0.05) is 41.4 Å². The van der Waals surface area contributed by atoms with Gasteiger partial charge in [-0.2, -0.15) is 4.31 Å². The van der Waals surface area contributed by atoms with Crippen molar-refractivity contribution in [2.24, 2.45) is 0 Å². The van der Waals surface area contributed by atoms with Crippen molar-refractivity contribution in [3.63, 3.8) is 0 Å². The zero-order valence-electron chi connectivity index (χ0n) is 14.2. The second-order valence-corrected chi connectivity index (χ2v) is 8.60. The third-order valence-corrected chi connectivity index (χ3v) is 6.39. The van der Waals surface area contributed by atoms with Crippen LogP contribution in [0, 0.1) is 6.92 Å². The van der Waals surface area contributed by atoms with Crippen LogP contribution in [0.3, 0.4) is 0 Å². The third kappa shape index (κ3) is 3.29. The van der Waals surface area contributed by atoms with Gasteiger partial charge in [0.2, 0.25) is 15.9 Å². The van der Waals surface area contributed by atoms with Gasteiger partial charge < -0.3 is 4.90 Å². The highest BCUT2D eigenvalue weighted by Gasteiger charge is 2.60. The molecule has 1 amide bonds. The Morgan fingerprint density at radius 3 is 2.12 bits per heavy atom. The minimum Gasteiger partial charge on any atom is -0.347 e. The summed E-state index contributed by atoms with van der Waals surface area (Å²) < 4.78 is 27.3. The zero-order valence-corrected chi connectivity index (χ0v) is 15.8. The van der Waals surface area contributed by atoms with Gasteiger partial charge in [-0.3, -0.25) is 4.79 Å². The average molecular weight is 379 g/mol. The smallest absolute Gasteiger partial charge is 0.244 e. The summed E-state index contributed by atoms with van der Waals surface area (Å²) in [6, 6.07) is 12.3. The molecule has 1 fully saturated rings. The number of sulfonamides is 1. The van der Waals surface area contributed by atoms with Crippen LogP contribution in [0.1, 0.15) is 17.2 Å². The summed E-state index contributed by atoms with van der Waals surface area (Å²) in [5, 5.41) is 0.563. The molecule has 0 bridgehead atoms. The van der Waals surface area contributed by atoms with Crippen LogP contribution in [0.4, 0.5) is 0 Å². The first-order valence-electron chi connectivity index (χ1n) is 7.80. The molecule has 0 saturated carbocycles. The van der Waals surface area contributed by atoms with E-state index in [1.54, 1.807) is 62.6 Å². The van der Waals surface area contributed by atoms with Crippen molar-refractivity contribution in [3.8, 4) is 0 Å². The highest BCUT2D eigenvalue weighted by Crippen LogP contribution is 2.48. The number of benzene rings is 2. The number of rotatable bonds is 4. The highest BCUT2D eigenvalue weighted by molar-refractivity contribution is 7.89. The van der Waals surface area contributed by atoms with Crippen LogP contribution in [0.15, 0.2) is 53.4 Å². The van der Waals surface area contributed by atoms with E-state index in [1.165, 1.54) is 9.21 Å². The Labute approximate surface area is 152 Å². The molecule has 1 saturated heterocycles. The lowest BCUT2D eigenvalue weighted by atomic mass is 10.1. The first-order chi connectivity index (χ1) is 11.7. The standard InChI is InChI=1S/C18H19ClN2O3S/c1-12-4-10-15(11-5-12)25(23,24)21-16(17(21)18(22)20(2)3)13-6-8-14(19)9-7-13/h4-11,16-17H,1-3H3/t16-,17-,21?/m1/s1. The molecular formula is C18H19ClN2O3S. The molecule has 3 atom stereocenters. The van der Waals surface area contributed by atoms with Gasteiger partial charge in [0.15, 0.2) is 0 Å². The van der Waals surface area contributed by atoms with Crippen LogP contribution < -0.4 is 0 Å². The lowest BCUT2D eigenvalue weighted by Crippen LogP contribution is -2.30. The number of amides is 1. The minimum atomic E-state index is -3.76.